The maximum Gasteiger partial charge on any atom is 0.325 e. The number of hydrogen-bond acceptors (Lipinski definition) is 3. The van der Waals surface area contributed by atoms with Crippen molar-refractivity contribution >= 4 is 11.9 Å². The van der Waals surface area contributed by atoms with Crippen LogP contribution in [0.5, 0.6) is 0 Å². The van der Waals surface area contributed by atoms with E-state index in [2.05, 4.69) is 4.74 Å². The molecule has 0 aromatic heterocycles. The first-order valence-corrected chi connectivity index (χ1v) is 4.55. The molecule has 2 fully saturated rings. The predicted octanol–water partition coefficient (Wildman–Crippen LogP) is 0.314. The molecule has 0 aromatic carbocycles. The monoisotopic (exact) mass is 183 g/mol. The minimum atomic E-state index is -0.318. The van der Waals surface area contributed by atoms with Gasteiger partial charge in [-0.3, -0.25) is 9.59 Å². The van der Waals surface area contributed by atoms with Gasteiger partial charge in [-0.05, 0) is 19.3 Å². The van der Waals surface area contributed by atoms with Gasteiger partial charge in [0, 0.05) is 12.0 Å². The number of carbonyl (C=O) groups excluding carboxylic acids is 2. The van der Waals surface area contributed by atoms with Crippen molar-refractivity contribution in [1.82, 2.24) is 4.90 Å². The summed E-state index contributed by atoms with van der Waals surface area (Å²) in [5, 5.41) is 0. The van der Waals surface area contributed by atoms with Gasteiger partial charge in [0.2, 0.25) is 5.91 Å². The number of nitrogens with zero attached hydrogens (tertiary/aromatic N) is 1. The summed E-state index contributed by atoms with van der Waals surface area (Å²) < 4.78 is 4.55. The van der Waals surface area contributed by atoms with Gasteiger partial charge in [-0.25, -0.2) is 0 Å². The molecule has 4 heteroatoms. The van der Waals surface area contributed by atoms with Crippen LogP contribution in [0.2, 0.25) is 0 Å². The van der Waals surface area contributed by atoms with E-state index in [1.54, 1.807) is 4.90 Å². The van der Waals surface area contributed by atoms with Crippen LogP contribution in [0, 0.1) is 0 Å². The smallest absolute Gasteiger partial charge is 0.325 e. The highest BCUT2D eigenvalue weighted by atomic mass is 16.5. The van der Waals surface area contributed by atoms with Gasteiger partial charge in [-0.15, -0.1) is 0 Å². The third-order valence-electron chi connectivity index (χ3n) is 3.02. The van der Waals surface area contributed by atoms with Crippen molar-refractivity contribution in [2.75, 3.05) is 13.7 Å². The van der Waals surface area contributed by atoms with Crippen LogP contribution in [0.25, 0.3) is 0 Å². The Morgan fingerprint density at radius 3 is 2.77 bits per heavy atom. The number of methoxy groups -OCH3 is 1. The highest BCUT2D eigenvalue weighted by Gasteiger charge is 2.54. The van der Waals surface area contributed by atoms with E-state index in [0.29, 0.717) is 6.42 Å². The molecule has 1 saturated heterocycles. The molecule has 0 aromatic rings. The van der Waals surface area contributed by atoms with E-state index < -0.39 is 0 Å². The van der Waals surface area contributed by atoms with Gasteiger partial charge in [-0.1, -0.05) is 0 Å². The average Bonchev–Trinajstić information content (AvgIpc) is 2.84. The first kappa shape index (κ1) is 8.53. The zero-order valence-corrected chi connectivity index (χ0v) is 7.71. The van der Waals surface area contributed by atoms with Gasteiger partial charge >= 0.3 is 5.97 Å². The average molecular weight is 183 g/mol. The SMILES string of the molecule is COC(=O)CN1C(=O)CCC12CC2. The van der Waals surface area contributed by atoms with E-state index >= 15 is 0 Å². The second kappa shape index (κ2) is 2.72. The lowest BCUT2D eigenvalue weighted by atomic mass is 10.2. The fourth-order valence-corrected chi connectivity index (χ4v) is 1.99. The van der Waals surface area contributed by atoms with Crippen LogP contribution in [0.1, 0.15) is 25.7 Å². The highest BCUT2D eigenvalue weighted by Crippen LogP contribution is 2.49. The lowest BCUT2D eigenvalue weighted by Crippen LogP contribution is -2.39. The van der Waals surface area contributed by atoms with E-state index in [-0.39, 0.29) is 24.0 Å². The fraction of sp³-hybridized carbons (Fsp3) is 0.778. The van der Waals surface area contributed by atoms with Crippen molar-refractivity contribution < 1.29 is 14.3 Å². The number of carbonyl (C=O) groups is 2. The summed E-state index contributed by atoms with van der Waals surface area (Å²) in [6, 6.07) is 0. The maximum absolute atomic E-state index is 11.4. The third kappa shape index (κ3) is 1.30. The highest BCUT2D eigenvalue weighted by molar-refractivity contribution is 5.85. The summed E-state index contributed by atoms with van der Waals surface area (Å²) in [7, 11) is 1.35. The third-order valence-corrected chi connectivity index (χ3v) is 3.02. The number of amides is 1. The Hall–Kier alpha value is -1.06. The van der Waals surface area contributed by atoms with Gasteiger partial charge in [0.05, 0.1) is 7.11 Å². The Labute approximate surface area is 76.8 Å². The van der Waals surface area contributed by atoms with Crippen LogP contribution < -0.4 is 0 Å². The molecule has 0 atom stereocenters. The summed E-state index contributed by atoms with van der Waals surface area (Å²) in [4.78, 5) is 24.1. The van der Waals surface area contributed by atoms with E-state index in [4.69, 9.17) is 0 Å². The number of rotatable bonds is 2. The summed E-state index contributed by atoms with van der Waals surface area (Å²) >= 11 is 0. The van der Waals surface area contributed by atoms with Crippen LogP contribution in [0.3, 0.4) is 0 Å². The fourth-order valence-electron chi connectivity index (χ4n) is 1.99. The Morgan fingerprint density at radius 1 is 1.54 bits per heavy atom. The topological polar surface area (TPSA) is 46.6 Å². The van der Waals surface area contributed by atoms with Crippen LogP contribution in [0.15, 0.2) is 0 Å². The number of ether oxygens (including phenoxy) is 1. The molecule has 1 saturated carbocycles. The minimum absolute atomic E-state index is 0.0469. The standard InChI is InChI=1S/C9H13NO3/c1-13-8(12)6-10-7(11)2-3-9(10)4-5-9/h2-6H2,1H3. The first-order chi connectivity index (χ1) is 6.18. The lowest BCUT2D eigenvalue weighted by Gasteiger charge is -2.22. The van der Waals surface area contributed by atoms with Crippen molar-refractivity contribution in [3.05, 3.63) is 0 Å². The van der Waals surface area contributed by atoms with E-state index in [1.165, 1.54) is 7.11 Å². The van der Waals surface area contributed by atoms with E-state index in [1.807, 2.05) is 0 Å². The van der Waals surface area contributed by atoms with Crippen LogP contribution >= 0.6 is 0 Å². The summed E-state index contributed by atoms with van der Waals surface area (Å²) in [5.41, 5.74) is 0.0469. The minimum Gasteiger partial charge on any atom is -0.468 e. The summed E-state index contributed by atoms with van der Waals surface area (Å²) in [6.45, 7) is 0.134. The number of likely N-dealkylation sites (tertiary alicyclic amines) is 1. The van der Waals surface area contributed by atoms with Crippen molar-refractivity contribution in [2.24, 2.45) is 0 Å². The Balaban J connectivity index is 2.04. The molecule has 4 nitrogen and oxygen atoms in total. The molecule has 2 rings (SSSR count). The summed E-state index contributed by atoms with van der Waals surface area (Å²) in [5.74, 6) is -0.218. The Bertz CT molecular complexity index is 258. The van der Waals surface area contributed by atoms with Crippen molar-refractivity contribution in [3.8, 4) is 0 Å². The molecular formula is C9H13NO3. The zero-order valence-electron chi connectivity index (χ0n) is 7.71. The van der Waals surface area contributed by atoms with E-state index in [0.717, 1.165) is 19.3 Å². The molecule has 13 heavy (non-hydrogen) atoms. The zero-order chi connectivity index (χ0) is 9.47. The molecule has 0 unspecified atom stereocenters. The molecule has 0 radical (unpaired) electrons. The first-order valence-electron chi connectivity index (χ1n) is 4.55. The molecule has 2 aliphatic rings. The second-order valence-electron chi connectivity index (χ2n) is 3.78. The molecule has 1 aliphatic heterocycles. The van der Waals surface area contributed by atoms with Gasteiger partial charge in [0.15, 0.2) is 0 Å². The van der Waals surface area contributed by atoms with Crippen LogP contribution in [-0.4, -0.2) is 36.0 Å². The molecule has 1 spiro atoms. The van der Waals surface area contributed by atoms with Gasteiger partial charge in [-0.2, -0.15) is 0 Å². The quantitative estimate of drug-likeness (QED) is 0.579. The maximum atomic E-state index is 11.4. The predicted molar refractivity (Wildman–Crippen MR) is 44.9 cm³/mol. The van der Waals surface area contributed by atoms with E-state index in [9.17, 15) is 9.59 Å². The van der Waals surface area contributed by atoms with Gasteiger partial charge in [0.1, 0.15) is 6.54 Å². The normalized spacial score (nSPS) is 23.8. The molecular weight excluding hydrogens is 170 g/mol. The van der Waals surface area contributed by atoms with Gasteiger partial charge < -0.3 is 9.64 Å². The molecule has 72 valence electrons. The van der Waals surface area contributed by atoms with Crippen molar-refractivity contribution in [1.29, 1.82) is 0 Å². The Morgan fingerprint density at radius 2 is 2.23 bits per heavy atom. The molecule has 1 heterocycles. The van der Waals surface area contributed by atoms with Crippen molar-refractivity contribution in [2.45, 2.75) is 31.2 Å². The lowest BCUT2D eigenvalue weighted by molar-refractivity contribution is -0.146. The largest absolute Gasteiger partial charge is 0.468 e. The Kier molecular flexibility index (Phi) is 1.78. The van der Waals surface area contributed by atoms with Gasteiger partial charge in [0.25, 0.3) is 0 Å². The van der Waals surface area contributed by atoms with Crippen molar-refractivity contribution in [3.63, 3.8) is 0 Å². The molecule has 1 aliphatic carbocycles. The van der Waals surface area contributed by atoms with Crippen LogP contribution in [0.4, 0.5) is 0 Å². The summed E-state index contributed by atoms with van der Waals surface area (Å²) in [6.07, 6.45) is 3.62. The molecule has 1 amide bonds. The molecule has 0 N–H and O–H groups in total. The number of esters is 1. The number of hydrogen-bond donors (Lipinski definition) is 0. The van der Waals surface area contributed by atoms with Crippen LogP contribution in [-0.2, 0) is 14.3 Å². The molecule has 0 bridgehead atoms. The second-order valence-corrected chi connectivity index (χ2v) is 3.78.